The second-order valence-corrected chi connectivity index (χ2v) is 4.44. The molecule has 18 heavy (non-hydrogen) atoms. The van der Waals surface area contributed by atoms with E-state index < -0.39 is 5.82 Å². The van der Waals surface area contributed by atoms with Gasteiger partial charge in [0, 0.05) is 22.4 Å². The third kappa shape index (κ3) is 2.84. The second-order valence-electron chi connectivity index (χ2n) is 3.52. The highest BCUT2D eigenvalue weighted by Gasteiger charge is 2.08. The van der Waals surface area contributed by atoms with E-state index in [2.05, 4.69) is 20.9 Å². The molecule has 0 spiro atoms. The summed E-state index contributed by atoms with van der Waals surface area (Å²) in [6.07, 6.45) is 3.31. The van der Waals surface area contributed by atoms with Crippen molar-refractivity contribution in [3.05, 3.63) is 58.1 Å². The summed E-state index contributed by atoms with van der Waals surface area (Å²) in [5.74, 6) is -0.347. The molecular weight excluding hydrogens is 299 g/mol. The Hall–Kier alpha value is -1.93. The Labute approximate surface area is 112 Å². The molecule has 0 aliphatic heterocycles. The minimum Gasteiger partial charge on any atom is -0.487 e. The number of hydrogen-bond donors (Lipinski definition) is 0. The molecule has 0 bridgehead atoms. The van der Waals surface area contributed by atoms with Gasteiger partial charge in [0.2, 0.25) is 0 Å². The van der Waals surface area contributed by atoms with Gasteiger partial charge in [0.1, 0.15) is 29.8 Å². The summed E-state index contributed by atoms with van der Waals surface area (Å²) in [5, 5.41) is 8.85. The van der Waals surface area contributed by atoms with Crippen LogP contribution in [0.3, 0.4) is 0 Å². The zero-order valence-electron chi connectivity index (χ0n) is 9.23. The van der Waals surface area contributed by atoms with E-state index in [1.54, 1.807) is 24.5 Å². The molecular formula is C13H8BrFN2O. The van der Waals surface area contributed by atoms with Crippen LogP contribution in [0.15, 0.2) is 41.1 Å². The van der Waals surface area contributed by atoms with Crippen molar-refractivity contribution in [3.8, 4) is 11.8 Å². The first kappa shape index (κ1) is 12.5. The third-order valence-electron chi connectivity index (χ3n) is 2.24. The molecule has 0 N–H and O–H groups in total. The van der Waals surface area contributed by atoms with E-state index in [0.717, 1.165) is 10.0 Å². The molecule has 0 atom stereocenters. The predicted molar refractivity (Wildman–Crippen MR) is 67.4 cm³/mol. The average molecular weight is 307 g/mol. The van der Waals surface area contributed by atoms with Crippen LogP contribution >= 0.6 is 15.9 Å². The quantitative estimate of drug-likeness (QED) is 0.872. The van der Waals surface area contributed by atoms with Crippen LogP contribution < -0.4 is 4.74 Å². The Morgan fingerprint density at radius 2 is 2.22 bits per heavy atom. The maximum absolute atomic E-state index is 13.3. The van der Waals surface area contributed by atoms with Gasteiger partial charge in [-0.25, -0.2) is 4.39 Å². The fourth-order valence-electron chi connectivity index (χ4n) is 1.43. The van der Waals surface area contributed by atoms with Gasteiger partial charge in [-0.3, -0.25) is 4.98 Å². The number of nitrogens with zero attached hydrogens (tertiary/aromatic N) is 2. The van der Waals surface area contributed by atoms with Crippen molar-refractivity contribution in [1.29, 1.82) is 5.26 Å². The van der Waals surface area contributed by atoms with Crippen LogP contribution in [0.25, 0.3) is 0 Å². The lowest BCUT2D eigenvalue weighted by atomic mass is 10.2. The van der Waals surface area contributed by atoms with Crippen molar-refractivity contribution < 1.29 is 9.13 Å². The average Bonchev–Trinajstić information content (AvgIpc) is 2.36. The van der Waals surface area contributed by atoms with Crippen LogP contribution in [0.2, 0.25) is 0 Å². The number of rotatable bonds is 3. The first-order valence-electron chi connectivity index (χ1n) is 5.11. The highest BCUT2D eigenvalue weighted by Crippen LogP contribution is 2.21. The molecule has 0 saturated heterocycles. The van der Waals surface area contributed by atoms with Gasteiger partial charge in [0.15, 0.2) is 0 Å². The van der Waals surface area contributed by atoms with Crippen molar-refractivity contribution in [1.82, 2.24) is 4.98 Å². The summed E-state index contributed by atoms with van der Waals surface area (Å²) < 4.78 is 19.6. The van der Waals surface area contributed by atoms with Gasteiger partial charge in [0.05, 0.1) is 0 Å². The number of benzene rings is 1. The molecule has 0 aliphatic carbocycles. The highest BCUT2D eigenvalue weighted by molar-refractivity contribution is 9.10. The Morgan fingerprint density at radius 1 is 1.39 bits per heavy atom. The Bertz CT molecular complexity index is 610. The minimum absolute atomic E-state index is 0.0829. The van der Waals surface area contributed by atoms with Crippen LogP contribution in [0.4, 0.5) is 4.39 Å². The van der Waals surface area contributed by atoms with Crippen molar-refractivity contribution in [2.45, 2.75) is 6.61 Å². The monoisotopic (exact) mass is 306 g/mol. The van der Waals surface area contributed by atoms with Gasteiger partial charge in [-0.2, -0.15) is 5.26 Å². The molecule has 3 nitrogen and oxygen atoms in total. The second kappa shape index (κ2) is 5.61. The summed E-state index contributed by atoms with van der Waals surface area (Å²) in [7, 11) is 0. The summed E-state index contributed by atoms with van der Waals surface area (Å²) in [6, 6.07) is 7.93. The fourth-order valence-corrected chi connectivity index (χ4v) is 1.84. The van der Waals surface area contributed by atoms with Crippen LogP contribution in [-0.2, 0) is 6.61 Å². The zero-order valence-corrected chi connectivity index (χ0v) is 10.8. The van der Waals surface area contributed by atoms with E-state index in [1.807, 2.05) is 6.07 Å². The largest absolute Gasteiger partial charge is 0.487 e. The summed E-state index contributed by atoms with van der Waals surface area (Å²) in [4.78, 5) is 3.99. The summed E-state index contributed by atoms with van der Waals surface area (Å²) in [6.45, 7) is 0.227. The van der Waals surface area contributed by atoms with E-state index in [1.165, 1.54) is 12.1 Å². The van der Waals surface area contributed by atoms with Gasteiger partial charge in [-0.05, 0) is 34.1 Å². The normalized spacial score (nSPS) is 9.83. The van der Waals surface area contributed by atoms with E-state index in [4.69, 9.17) is 10.00 Å². The first-order chi connectivity index (χ1) is 8.70. The maximum Gasteiger partial charge on any atom is 0.144 e. The van der Waals surface area contributed by atoms with Gasteiger partial charge in [-0.15, -0.1) is 0 Å². The maximum atomic E-state index is 13.3. The summed E-state index contributed by atoms with van der Waals surface area (Å²) >= 11 is 3.30. The van der Waals surface area contributed by atoms with Crippen molar-refractivity contribution in [2.24, 2.45) is 0 Å². The Balaban J connectivity index is 2.16. The van der Waals surface area contributed by atoms with Gasteiger partial charge < -0.3 is 4.74 Å². The molecule has 0 saturated carbocycles. The van der Waals surface area contributed by atoms with E-state index in [0.29, 0.717) is 0 Å². The predicted octanol–water partition coefficient (Wildman–Crippen LogP) is 3.43. The van der Waals surface area contributed by atoms with E-state index >= 15 is 0 Å². The number of ether oxygens (including phenoxy) is 1. The number of hydrogen-bond acceptors (Lipinski definition) is 3. The molecule has 1 heterocycles. The number of halogens is 2. The molecule has 0 fully saturated rings. The van der Waals surface area contributed by atoms with Crippen LogP contribution in [-0.4, -0.2) is 4.98 Å². The lowest BCUT2D eigenvalue weighted by molar-refractivity contribution is 0.303. The van der Waals surface area contributed by atoms with Crippen molar-refractivity contribution in [3.63, 3.8) is 0 Å². The molecule has 1 aromatic carbocycles. The minimum atomic E-state index is -0.581. The number of aromatic nitrogens is 1. The van der Waals surface area contributed by atoms with Gasteiger partial charge in [-0.1, -0.05) is 6.07 Å². The van der Waals surface area contributed by atoms with Crippen molar-refractivity contribution in [2.75, 3.05) is 0 Å². The first-order valence-corrected chi connectivity index (χ1v) is 5.91. The number of pyridine rings is 1. The van der Waals surface area contributed by atoms with Crippen LogP contribution in [0.1, 0.15) is 11.1 Å². The third-order valence-corrected chi connectivity index (χ3v) is 2.68. The SMILES string of the molecule is N#Cc1c(F)cccc1OCc1cncc(Br)c1. The molecule has 2 aromatic rings. The van der Waals surface area contributed by atoms with E-state index in [-0.39, 0.29) is 17.9 Å². The molecule has 0 unspecified atom stereocenters. The van der Waals surface area contributed by atoms with Gasteiger partial charge in [0.25, 0.3) is 0 Å². The molecule has 2 rings (SSSR count). The standard InChI is InChI=1S/C13H8BrFN2O/c14-10-4-9(6-17-7-10)8-18-13-3-1-2-12(15)11(13)5-16/h1-4,6-7H,8H2. The smallest absolute Gasteiger partial charge is 0.144 e. The van der Waals surface area contributed by atoms with Crippen molar-refractivity contribution >= 4 is 15.9 Å². The van der Waals surface area contributed by atoms with E-state index in [9.17, 15) is 4.39 Å². The highest BCUT2D eigenvalue weighted by atomic mass is 79.9. The van der Waals surface area contributed by atoms with Crippen LogP contribution in [0, 0.1) is 17.1 Å². The molecule has 90 valence electrons. The molecule has 0 aliphatic rings. The number of nitriles is 1. The molecule has 5 heteroatoms. The Morgan fingerprint density at radius 3 is 2.94 bits per heavy atom. The topological polar surface area (TPSA) is 45.9 Å². The molecule has 1 aromatic heterocycles. The molecule has 0 amide bonds. The Kier molecular flexibility index (Phi) is 3.90. The van der Waals surface area contributed by atoms with Crippen LogP contribution in [0.5, 0.6) is 5.75 Å². The lowest BCUT2D eigenvalue weighted by Crippen LogP contribution is -1.99. The summed E-state index contributed by atoms with van der Waals surface area (Å²) in [5.41, 5.74) is 0.748. The zero-order chi connectivity index (χ0) is 13.0. The lowest BCUT2D eigenvalue weighted by Gasteiger charge is -2.08. The molecule has 0 radical (unpaired) electrons. The van der Waals surface area contributed by atoms with Gasteiger partial charge >= 0.3 is 0 Å². The fraction of sp³-hybridized carbons (Fsp3) is 0.0769.